The van der Waals surface area contributed by atoms with E-state index in [2.05, 4.69) is 20.8 Å². The molecule has 1 aliphatic carbocycles. The third-order valence-electron chi connectivity index (χ3n) is 3.40. The minimum absolute atomic E-state index is 1.14. The summed E-state index contributed by atoms with van der Waals surface area (Å²) in [6.45, 7) is 6.70. The molecule has 0 nitrogen and oxygen atoms in total. The first-order valence-corrected chi connectivity index (χ1v) is 7.35. The first-order chi connectivity index (χ1) is 7.35. The number of unbranched alkanes of at least 4 members (excludes halogenated alkanes) is 5. The SMILES string of the molecule is CCCCC.CCCCCCC1CCC1. The van der Waals surface area contributed by atoms with Gasteiger partial charge in [0.15, 0.2) is 0 Å². The molecule has 92 valence electrons. The highest BCUT2D eigenvalue weighted by Gasteiger charge is 2.15. The van der Waals surface area contributed by atoms with E-state index in [1.165, 1.54) is 70.6 Å². The molecule has 15 heavy (non-hydrogen) atoms. The molecular formula is C15H32. The monoisotopic (exact) mass is 212 g/mol. The lowest BCUT2D eigenvalue weighted by molar-refractivity contribution is 0.286. The van der Waals surface area contributed by atoms with Crippen LogP contribution in [0.15, 0.2) is 0 Å². The van der Waals surface area contributed by atoms with Crippen LogP contribution in [0.25, 0.3) is 0 Å². The van der Waals surface area contributed by atoms with Crippen molar-refractivity contribution in [3.8, 4) is 0 Å². The van der Waals surface area contributed by atoms with Crippen LogP contribution >= 0.6 is 0 Å². The highest BCUT2D eigenvalue weighted by Crippen LogP contribution is 2.30. The standard InChI is InChI=1S/C10H20.C5H12/c1-2-3-4-5-7-10-8-6-9-10;1-3-5-4-2/h10H,2-9H2,1H3;3-5H2,1-2H3. The van der Waals surface area contributed by atoms with Crippen molar-refractivity contribution in [1.82, 2.24) is 0 Å². The lowest BCUT2D eigenvalue weighted by Gasteiger charge is -2.24. The van der Waals surface area contributed by atoms with Crippen LogP contribution in [0.2, 0.25) is 0 Å². The summed E-state index contributed by atoms with van der Waals surface area (Å²) in [7, 11) is 0. The van der Waals surface area contributed by atoms with Crippen molar-refractivity contribution >= 4 is 0 Å². The molecule has 0 aliphatic heterocycles. The summed E-state index contributed by atoms with van der Waals surface area (Å²) in [6, 6.07) is 0. The molecule has 0 heteroatoms. The zero-order valence-electron chi connectivity index (χ0n) is 11.4. The van der Waals surface area contributed by atoms with E-state index in [4.69, 9.17) is 0 Å². The molecule has 1 aliphatic rings. The van der Waals surface area contributed by atoms with Crippen LogP contribution in [0.5, 0.6) is 0 Å². The van der Waals surface area contributed by atoms with E-state index in [-0.39, 0.29) is 0 Å². The molecule has 1 saturated carbocycles. The lowest BCUT2D eigenvalue weighted by atomic mass is 9.82. The van der Waals surface area contributed by atoms with Gasteiger partial charge >= 0.3 is 0 Å². The van der Waals surface area contributed by atoms with Gasteiger partial charge in [0.05, 0.1) is 0 Å². The van der Waals surface area contributed by atoms with Crippen LogP contribution in [0.1, 0.15) is 91.4 Å². The molecule has 0 aromatic rings. The van der Waals surface area contributed by atoms with Crippen LogP contribution < -0.4 is 0 Å². The fourth-order valence-corrected chi connectivity index (χ4v) is 1.99. The molecule has 0 radical (unpaired) electrons. The zero-order chi connectivity index (χ0) is 11.4. The second kappa shape index (κ2) is 12.1. The van der Waals surface area contributed by atoms with Crippen molar-refractivity contribution in [2.45, 2.75) is 91.4 Å². The Morgan fingerprint density at radius 2 is 1.33 bits per heavy atom. The quantitative estimate of drug-likeness (QED) is 0.457. The van der Waals surface area contributed by atoms with Crippen molar-refractivity contribution in [3.63, 3.8) is 0 Å². The van der Waals surface area contributed by atoms with E-state index in [9.17, 15) is 0 Å². The maximum Gasteiger partial charge on any atom is -0.0414 e. The summed E-state index contributed by atoms with van der Waals surface area (Å²) in [5.74, 6) is 1.14. The van der Waals surface area contributed by atoms with Gasteiger partial charge in [-0.2, -0.15) is 0 Å². The number of hydrogen-bond donors (Lipinski definition) is 0. The summed E-state index contributed by atoms with van der Waals surface area (Å²) in [5.41, 5.74) is 0. The van der Waals surface area contributed by atoms with Gasteiger partial charge in [0.25, 0.3) is 0 Å². The lowest BCUT2D eigenvalue weighted by Crippen LogP contribution is -2.10. The highest BCUT2D eigenvalue weighted by atomic mass is 14.2. The molecule has 0 N–H and O–H groups in total. The van der Waals surface area contributed by atoms with E-state index >= 15 is 0 Å². The van der Waals surface area contributed by atoms with Crippen molar-refractivity contribution < 1.29 is 0 Å². The van der Waals surface area contributed by atoms with Crippen molar-refractivity contribution in [2.75, 3.05) is 0 Å². The largest absolute Gasteiger partial charge is 0.0654 e. The minimum atomic E-state index is 1.14. The fourth-order valence-electron chi connectivity index (χ4n) is 1.99. The molecule has 0 spiro atoms. The van der Waals surface area contributed by atoms with Crippen LogP contribution in [0.4, 0.5) is 0 Å². The third-order valence-corrected chi connectivity index (χ3v) is 3.40. The Balaban J connectivity index is 0.000000336. The van der Waals surface area contributed by atoms with Crippen molar-refractivity contribution in [3.05, 3.63) is 0 Å². The molecule has 0 amide bonds. The van der Waals surface area contributed by atoms with Crippen LogP contribution in [0, 0.1) is 5.92 Å². The van der Waals surface area contributed by atoms with E-state index in [0.29, 0.717) is 0 Å². The van der Waals surface area contributed by atoms with Crippen LogP contribution in [-0.2, 0) is 0 Å². The second-order valence-corrected chi connectivity index (χ2v) is 5.00. The number of rotatable bonds is 7. The Hall–Kier alpha value is 0. The molecule has 0 bridgehead atoms. The minimum Gasteiger partial charge on any atom is -0.0654 e. The van der Waals surface area contributed by atoms with Crippen LogP contribution in [-0.4, -0.2) is 0 Å². The summed E-state index contributed by atoms with van der Waals surface area (Å²) in [5, 5.41) is 0. The van der Waals surface area contributed by atoms with E-state index in [0.717, 1.165) is 5.92 Å². The van der Waals surface area contributed by atoms with Gasteiger partial charge in [-0.05, 0) is 5.92 Å². The average Bonchev–Trinajstić information content (AvgIpc) is 2.17. The van der Waals surface area contributed by atoms with E-state index in [1.807, 2.05) is 0 Å². The average molecular weight is 212 g/mol. The van der Waals surface area contributed by atoms with Gasteiger partial charge < -0.3 is 0 Å². The van der Waals surface area contributed by atoms with Gasteiger partial charge in [-0.15, -0.1) is 0 Å². The Morgan fingerprint density at radius 3 is 1.67 bits per heavy atom. The maximum absolute atomic E-state index is 2.28. The maximum atomic E-state index is 2.28. The first-order valence-electron chi connectivity index (χ1n) is 7.35. The van der Waals surface area contributed by atoms with Crippen molar-refractivity contribution in [1.29, 1.82) is 0 Å². The molecule has 0 heterocycles. The Kier molecular flexibility index (Phi) is 12.1. The zero-order valence-corrected chi connectivity index (χ0v) is 11.4. The third kappa shape index (κ3) is 10.3. The smallest absolute Gasteiger partial charge is 0.0414 e. The van der Waals surface area contributed by atoms with E-state index < -0.39 is 0 Å². The molecule has 1 fully saturated rings. The van der Waals surface area contributed by atoms with Gasteiger partial charge in [0, 0.05) is 0 Å². The second-order valence-electron chi connectivity index (χ2n) is 5.00. The van der Waals surface area contributed by atoms with Gasteiger partial charge in [-0.3, -0.25) is 0 Å². The topological polar surface area (TPSA) is 0 Å². The van der Waals surface area contributed by atoms with Gasteiger partial charge in [0.1, 0.15) is 0 Å². The van der Waals surface area contributed by atoms with Crippen molar-refractivity contribution in [2.24, 2.45) is 5.92 Å². The van der Waals surface area contributed by atoms with Crippen LogP contribution in [0.3, 0.4) is 0 Å². The Morgan fingerprint density at radius 1 is 0.733 bits per heavy atom. The van der Waals surface area contributed by atoms with Gasteiger partial charge in [0.2, 0.25) is 0 Å². The highest BCUT2D eigenvalue weighted by molar-refractivity contribution is 4.68. The predicted octanol–water partition coefficient (Wildman–Crippen LogP) is 5.95. The fraction of sp³-hybridized carbons (Fsp3) is 1.00. The van der Waals surface area contributed by atoms with Gasteiger partial charge in [-0.25, -0.2) is 0 Å². The van der Waals surface area contributed by atoms with Gasteiger partial charge in [-0.1, -0.05) is 91.4 Å². The first kappa shape index (κ1) is 15.0. The molecule has 1 rings (SSSR count). The Labute approximate surface area is 97.8 Å². The molecule has 0 aromatic heterocycles. The Bertz CT molecular complexity index is 101. The van der Waals surface area contributed by atoms with E-state index in [1.54, 1.807) is 0 Å². The summed E-state index contributed by atoms with van der Waals surface area (Å²) in [4.78, 5) is 0. The summed E-state index contributed by atoms with van der Waals surface area (Å²) < 4.78 is 0. The molecule has 0 saturated heterocycles. The molecule has 0 unspecified atom stereocenters. The normalized spacial score (nSPS) is 15.4. The summed E-state index contributed by atoms with van der Waals surface area (Å²) >= 11 is 0. The predicted molar refractivity (Wildman–Crippen MR) is 71.3 cm³/mol. The molecule has 0 aromatic carbocycles. The molecule has 0 atom stereocenters. The molecular weight excluding hydrogens is 180 g/mol. The number of hydrogen-bond acceptors (Lipinski definition) is 0. The summed E-state index contributed by atoms with van der Waals surface area (Å²) in [6.07, 6.45) is 16.0.